The van der Waals surface area contributed by atoms with E-state index >= 15 is 0 Å². The minimum atomic E-state index is -1.15. The average molecular weight is 226 g/mol. The normalized spacial score (nSPS) is 46.1. The lowest BCUT2D eigenvalue weighted by molar-refractivity contribution is -0.172. The molecule has 0 aromatic rings. The van der Waals surface area contributed by atoms with Crippen LogP contribution in [0.3, 0.4) is 0 Å². The van der Waals surface area contributed by atoms with Crippen LogP contribution in [0.1, 0.15) is 12.8 Å². The number of ether oxygens (including phenoxy) is 2. The van der Waals surface area contributed by atoms with E-state index in [2.05, 4.69) is 4.74 Å². The lowest BCUT2D eigenvalue weighted by Gasteiger charge is -2.24. The summed E-state index contributed by atoms with van der Waals surface area (Å²) in [6.07, 6.45) is -0.737. The number of rotatable bonds is 0. The lowest BCUT2D eigenvalue weighted by atomic mass is 9.84. The van der Waals surface area contributed by atoms with E-state index in [1.54, 1.807) is 0 Å². The summed E-state index contributed by atoms with van der Waals surface area (Å²) in [5, 5.41) is 9.49. The molecule has 6 nitrogen and oxygen atoms in total. The second-order valence-corrected chi connectivity index (χ2v) is 4.52. The molecule has 2 heterocycles. The van der Waals surface area contributed by atoms with Crippen LogP contribution in [-0.4, -0.2) is 29.3 Å². The Hall–Kier alpha value is -1.43. The van der Waals surface area contributed by atoms with Crippen molar-refractivity contribution in [3.8, 4) is 0 Å². The maximum atomic E-state index is 11.5. The maximum absolute atomic E-state index is 11.5. The molecule has 3 aliphatic rings. The predicted molar refractivity (Wildman–Crippen MR) is 46.4 cm³/mol. The van der Waals surface area contributed by atoms with Crippen LogP contribution < -0.4 is 0 Å². The summed E-state index contributed by atoms with van der Waals surface area (Å²) in [7, 11) is 0. The first-order valence-corrected chi connectivity index (χ1v) is 5.21. The van der Waals surface area contributed by atoms with Crippen molar-refractivity contribution in [2.45, 2.75) is 19.1 Å². The first kappa shape index (κ1) is 9.77. The molecule has 6 heteroatoms. The van der Waals surface area contributed by atoms with Crippen LogP contribution in [-0.2, 0) is 23.9 Å². The summed E-state index contributed by atoms with van der Waals surface area (Å²) in [6.45, 7) is 0. The van der Waals surface area contributed by atoms with Gasteiger partial charge >= 0.3 is 17.9 Å². The molecule has 2 saturated heterocycles. The van der Waals surface area contributed by atoms with E-state index in [1.807, 2.05) is 0 Å². The Balaban J connectivity index is 1.94. The van der Waals surface area contributed by atoms with Gasteiger partial charge in [0.05, 0.1) is 18.3 Å². The van der Waals surface area contributed by atoms with Crippen LogP contribution in [0.15, 0.2) is 0 Å². The average Bonchev–Trinajstić information content (AvgIpc) is 2.67. The monoisotopic (exact) mass is 226 g/mol. The highest BCUT2D eigenvalue weighted by atomic mass is 16.6. The van der Waals surface area contributed by atoms with Gasteiger partial charge in [-0.05, 0) is 12.3 Å². The number of fused-ring (bicyclic) bond motifs is 3. The molecule has 1 aliphatic carbocycles. The van der Waals surface area contributed by atoms with Crippen molar-refractivity contribution in [2.24, 2.45) is 23.7 Å². The van der Waals surface area contributed by atoms with E-state index in [-0.39, 0.29) is 18.3 Å². The summed E-state index contributed by atoms with van der Waals surface area (Å²) < 4.78 is 9.23. The predicted octanol–water partition coefficient (Wildman–Crippen LogP) is -0.796. The number of aliphatic hydroxyl groups excluding tert-OH is 1. The highest BCUT2D eigenvalue weighted by Gasteiger charge is 2.60. The molecule has 16 heavy (non-hydrogen) atoms. The van der Waals surface area contributed by atoms with Gasteiger partial charge in [-0.1, -0.05) is 0 Å². The van der Waals surface area contributed by atoms with E-state index in [0.29, 0.717) is 6.42 Å². The molecular formula is C10H10O6. The zero-order valence-corrected chi connectivity index (χ0v) is 8.29. The molecule has 0 bridgehead atoms. The lowest BCUT2D eigenvalue weighted by Crippen LogP contribution is -2.36. The fourth-order valence-electron chi connectivity index (χ4n) is 3.07. The van der Waals surface area contributed by atoms with Gasteiger partial charge in [0.25, 0.3) is 0 Å². The largest absolute Gasteiger partial charge is 0.435 e. The van der Waals surface area contributed by atoms with E-state index < -0.39 is 36.0 Å². The van der Waals surface area contributed by atoms with Gasteiger partial charge in [0.2, 0.25) is 6.29 Å². The molecule has 0 spiro atoms. The molecule has 5 unspecified atom stereocenters. The van der Waals surface area contributed by atoms with Gasteiger partial charge < -0.3 is 14.6 Å². The number of cyclic esters (lactones) is 3. The van der Waals surface area contributed by atoms with Gasteiger partial charge in [-0.15, -0.1) is 0 Å². The van der Waals surface area contributed by atoms with Crippen LogP contribution >= 0.6 is 0 Å². The van der Waals surface area contributed by atoms with Crippen molar-refractivity contribution in [2.75, 3.05) is 0 Å². The number of carbonyl (C=O) groups is 3. The second kappa shape index (κ2) is 3.04. The summed E-state index contributed by atoms with van der Waals surface area (Å²) in [5.41, 5.74) is 0. The van der Waals surface area contributed by atoms with Gasteiger partial charge in [-0.25, -0.2) is 0 Å². The third-order valence-electron chi connectivity index (χ3n) is 3.76. The molecular weight excluding hydrogens is 216 g/mol. The molecule has 3 fully saturated rings. The van der Waals surface area contributed by atoms with Crippen LogP contribution in [0.25, 0.3) is 0 Å². The minimum absolute atomic E-state index is 0.0550. The molecule has 0 aromatic heterocycles. The molecule has 3 rings (SSSR count). The maximum Gasteiger partial charge on any atom is 0.316 e. The fraction of sp³-hybridized carbons (Fsp3) is 0.700. The van der Waals surface area contributed by atoms with E-state index in [9.17, 15) is 19.5 Å². The Labute approximate surface area is 90.5 Å². The Bertz CT molecular complexity index is 389. The first-order valence-electron chi connectivity index (χ1n) is 5.21. The molecule has 0 aromatic carbocycles. The Morgan fingerprint density at radius 3 is 2.62 bits per heavy atom. The van der Waals surface area contributed by atoms with Gasteiger partial charge in [0, 0.05) is 5.92 Å². The molecule has 86 valence electrons. The Kier molecular flexibility index (Phi) is 1.85. The summed E-state index contributed by atoms with van der Waals surface area (Å²) >= 11 is 0. The van der Waals surface area contributed by atoms with Crippen LogP contribution in [0.5, 0.6) is 0 Å². The van der Waals surface area contributed by atoms with E-state index in [4.69, 9.17) is 4.74 Å². The molecule has 1 saturated carbocycles. The minimum Gasteiger partial charge on any atom is -0.435 e. The fourth-order valence-corrected chi connectivity index (χ4v) is 3.07. The van der Waals surface area contributed by atoms with Crippen molar-refractivity contribution in [3.63, 3.8) is 0 Å². The standard InChI is InChI=1S/C10H10O6/c11-6-2-3-4(8(12)15-6)1-5-7(3)10(14)16-9(5)13/h3-5,7,9,13H,1-2H2. The number of carbonyl (C=O) groups excluding carboxylic acids is 3. The van der Waals surface area contributed by atoms with Gasteiger partial charge in [0.1, 0.15) is 0 Å². The van der Waals surface area contributed by atoms with Crippen molar-refractivity contribution < 1.29 is 29.0 Å². The van der Waals surface area contributed by atoms with Gasteiger partial charge in [0.15, 0.2) is 0 Å². The summed E-state index contributed by atoms with van der Waals surface area (Å²) in [6, 6.07) is 0. The van der Waals surface area contributed by atoms with Crippen molar-refractivity contribution in [1.29, 1.82) is 0 Å². The SMILES string of the molecule is O=C1CC2C(CC3C(O)OC(=O)C32)C(=O)O1. The number of hydrogen-bond donors (Lipinski definition) is 1. The summed E-state index contributed by atoms with van der Waals surface area (Å²) in [4.78, 5) is 34.1. The van der Waals surface area contributed by atoms with E-state index in [0.717, 1.165) is 0 Å². The number of esters is 3. The zero-order chi connectivity index (χ0) is 11.4. The quantitative estimate of drug-likeness (QED) is 0.429. The van der Waals surface area contributed by atoms with Crippen molar-refractivity contribution in [3.05, 3.63) is 0 Å². The van der Waals surface area contributed by atoms with Crippen LogP contribution in [0.4, 0.5) is 0 Å². The van der Waals surface area contributed by atoms with Crippen LogP contribution in [0.2, 0.25) is 0 Å². The number of hydrogen-bond acceptors (Lipinski definition) is 6. The molecule has 1 N–H and O–H groups in total. The highest BCUT2D eigenvalue weighted by molar-refractivity contribution is 5.92. The third kappa shape index (κ3) is 1.13. The van der Waals surface area contributed by atoms with E-state index in [1.165, 1.54) is 0 Å². The van der Waals surface area contributed by atoms with Crippen molar-refractivity contribution >= 4 is 17.9 Å². The summed E-state index contributed by atoms with van der Waals surface area (Å²) in [5.74, 6) is -3.39. The number of aliphatic hydroxyl groups is 1. The third-order valence-corrected chi connectivity index (χ3v) is 3.76. The molecule has 0 amide bonds. The molecule has 5 atom stereocenters. The van der Waals surface area contributed by atoms with Gasteiger partial charge in [-0.2, -0.15) is 0 Å². The topological polar surface area (TPSA) is 89.9 Å². The molecule has 0 radical (unpaired) electrons. The van der Waals surface area contributed by atoms with Crippen molar-refractivity contribution in [1.82, 2.24) is 0 Å². The highest BCUT2D eigenvalue weighted by Crippen LogP contribution is 2.51. The van der Waals surface area contributed by atoms with Gasteiger partial charge in [-0.3, -0.25) is 14.4 Å². The second-order valence-electron chi connectivity index (χ2n) is 4.52. The Morgan fingerprint density at radius 1 is 1.12 bits per heavy atom. The Morgan fingerprint density at radius 2 is 1.88 bits per heavy atom. The van der Waals surface area contributed by atoms with Crippen LogP contribution in [0, 0.1) is 23.7 Å². The zero-order valence-electron chi connectivity index (χ0n) is 8.29. The first-order chi connectivity index (χ1) is 7.58. The smallest absolute Gasteiger partial charge is 0.316 e. The molecule has 2 aliphatic heterocycles.